The third kappa shape index (κ3) is 3.46. The van der Waals surface area contributed by atoms with E-state index in [1.165, 1.54) is 0 Å². The van der Waals surface area contributed by atoms with E-state index in [-0.39, 0.29) is 11.9 Å². The Morgan fingerprint density at radius 1 is 1.45 bits per heavy atom. The Balaban J connectivity index is 3.02. The maximum Gasteiger partial charge on any atom is 0.230 e. The zero-order valence-corrected chi connectivity index (χ0v) is 13.9. The van der Waals surface area contributed by atoms with Gasteiger partial charge in [0.15, 0.2) is 0 Å². The third-order valence-corrected chi connectivity index (χ3v) is 4.62. The Hall–Kier alpha value is -0.770. The summed E-state index contributed by atoms with van der Waals surface area (Å²) >= 11 is 12.1. The number of rotatable bonds is 5. The Bertz CT molecular complexity index is 487. The van der Waals surface area contributed by atoms with Crippen molar-refractivity contribution in [2.24, 2.45) is 11.1 Å². The van der Waals surface area contributed by atoms with Crippen LogP contribution in [0.5, 0.6) is 0 Å². The van der Waals surface area contributed by atoms with E-state index in [0.29, 0.717) is 23.0 Å². The molecule has 0 aliphatic heterocycles. The predicted molar refractivity (Wildman–Crippen MR) is 85.1 cm³/mol. The molecule has 0 heterocycles. The van der Waals surface area contributed by atoms with Gasteiger partial charge in [0, 0.05) is 23.6 Å². The summed E-state index contributed by atoms with van der Waals surface area (Å²) in [7, 11) is 1.78. The lowest BCUT2D eigenvalue weighted by Gasteiger charge is -2.34. The SMILES string of the molecule is CCC(C)(CN)C(=O)N(C)C(C)c1ccc(Cl)cc1Cl. The smallest absolute Gasteiger partial charge is 0.230 e. The first-order valence-corrected chi connectivity index (χ1v) is 7.44. The van der Waals surface area contributed by atoms with Crippen LogP contribution in [0.25, 0.3) is 0 Å². The van der Waals surface area contributed by atoms with Crippen molar-refractivity contribution in [1.82, 2.24) is 4.90 Å². The van der Waals surface area contributed by atoms with E-state index in [4.69, 9.17) is 28.9 Å². The molecule has 0 radical (unpaired) electrons. The standard InChI is InChI=1S/C15H22Cl2N2O/c1-5-15(3,9-18)14(20)19(4)10(2)12-7-6-11(16)8-13(12)17/h6-8,10H,5,9,18H2,1-4H3. The molecule has 0 aliphatic carbocycles. The molecule has 1 aromatic carbocycles. The zero-order valence-electron chi connectivity index (χ0n) is 12.4. The second-order valence-corrected chi connectivity index (χ2v) is 6.22. The summed E-state index contributed by atoms with van der Waals surface area (Å²) in [5.41, 5.74) is 6.09. The molecule has 2 N–H and O–H groups in total. The number of benzene rings is 1. The van der Waals surface area contributed by atoms with Crippen LogP contribution < -0.4 is 5.73 Å². The third-order valence-electron chi connectivity index (χ3n) is 4.06. The molecule has 0 bridgehead atoms. The molecule has 2 unspecified atom stereocenters. The fraction of sp³-hybridized carbons (Fsp3) is 0.533. The van der Waals surface area contributed by atoms with Gasteiger partial charge in [-0.3, -0.25) is 4.79 Å². The Morgan fingerprint density at radius 2 is 2.05 bits per heavy atom. The van der Waals surface area contributed by atoms with E-state index in [0.717, 1.165) is 5.56 Å². The molecule has 1 aromatic rings. The number of hydrogen-bond donors (Lipinski definition) is 1. The quantitative estimate of drug-likeness (QED) is 0.895. The summed E-state index contributed by atoms with van der Waals surface area (Å²) in [6.07, 6.45) is 0.702. The molecule has 1 rings (SSSR count). The fourth-order valence-corrected chi connectivity index (χ4v) is 2.60. The van der Waals surface area contributed by atoms with Gasteiger partial charge in [-0.25, -0.2) is 0 Å². The number of halogens is 2. The number of carbonyl (C=O) groups is 1. The number of amides is 1. The second-order valence-electron chi connectivity index (χ2n) is 5.38. The van der Waals surface area contributed by atoms with Crippen LogP contribution >= 0.6 is 23.2 Å². The van der Waals surface area contributed by atoms with Gasteiger partial charge in [-0.2, -0.15) is 0 Å². The normalized spacial score (nSPS) is 15.6. The summed E-state index contributed by atoms with van der Waals surface area (Å²) in [5.74, 6) is 0.0287. The van der Waals surface area contributed by atoms with Crippen molar-refractivity contribution in [1.29, 1.82) is 0 Å². The van der Waals surface area contributed by atoms with Crippen molar-refractivity contribution in [3.8, 4) is 0 Å². The highest BCUT2D eigenvalue weighted by Crippen LogP contribution is 2.32. The Kier molecular flexibility index (Phi) is 5.87. The molecule has 0 aliphatic rings. The molecule has 2 atom stereocenters. The van der Waals surface area contributed by atoms with E-state index >= 15 is 0 Å². The van der Waals surface area contributed by atoms with E-state index < -0.39 is 5.41 Å². The summed E-state index contributed by atoms with van der Waals surface area (Å²) < 4.78 is 0. The van der Waals surface area contributed by atoms with Crippen LogP contribution in [-0.2, 0) is 4.79 Å². The van der Waals surface area contributed by atoms with E-state index in [1.807, 2.05) is 26.8 Å². The number of nitrogens with two attached hydrogens (primary N) is 1. The number of carbonyl (C=O) groups excluding carboxylic acids is 1. The van der Waals surface area contributed by atoms with Crippen molar-refractivity contribution in [2.75, 3.05) is 13.6 Å². The van der Waals surface area contributed by atoms with Crippen molar-refractivity contribution in [3.05, 3.63) is 33.8 Å². The minimum absolute atomic E-state index is 0.0287. The summed E-state index contributed by atoms with van der Waals surface area (Å²) in [5, 5.41) is 1.15. The molecule has 0 saturated heterocycles. The van der Waals surface area contributed by atoms with Gasteiger partial charge in [0.2, 0.25) is 5.91 Å². The van der Waals surface area contributed by atoms with Crippen LogP contribution in [0, 0.1) is 5.41 Å². The molecule has 0 aromatic heterocycles. The van der Waals surface area contributed by atoms with Crippen LogP contribution in [0.3, 0.4) is 0 Å². The van der Waals surface area contributed by atoms with Crippen LogP contribution in [0.4, 0.5) is 0 Å². The first kappa shape index (κ1) is 17.3. The van der Waals surface area contributed by atoms with Gasteiger partial charge in [-0.15, -0.1) is 0 Å². The van der Waals surface area contributed by atoms with Gasteiger partial charge in [-0.05, 0) is 38.0 Å². The average Bonchev–Trinajstić information content (AvgIpc) is 2.44. The monoisotopic (exact) mass is 316 g/mol. The highest BCUT2D eigenvalue weighted by molar-refractivity contribution is 6.35. The summed E-state index contributed by atoms with van der Waals surface area (Å²) in [4.78, 5) is 14.3. The van der Waals surface area contributed by atoms with Crippen molar-refractivity contribution < 1.29 is 4.79 Å². The van der Waals surface area contributed by atoms with Gasteiger partial charge < -0.3 is 10.6 Å². The molecule has 5 heteroatoms. The summed E-state index contributed by atoms with van der Waals surface area (Å²) in [6, 6.07) is 5.18. The number of nitrogens with zero attached hydrogens (tertiary/aromatic N) is 1. The molecular formula is C15H22Cl2N2O. The van der Waals surface area contributed by atoms with Gasteiger partial charge >= 0.3 is 0 Å². The fourth-order valence-electron chi connectivity index (χ4n) is 2.03. The van der Waals surface area contributed by atoms with E-state index in [9.17, 15) is 4.79 Å². The zero-order chi connectivity index (χ0) is 15.5. The van der Waals surface area contributed by atoms with Gasteiger partial charge in [0.05, 0.1) is 11.5 Å². The molecule has 3 nitrogen and oxygen atoms in total. The molecule has 0 saturated carbocycles. The minimum Gasteiger partial charge on any atom is -0.338 e. The largest absolute Gasteiger partial charge is 0.338 e. The lowest BCUT2D eigenvalue weighted by molar-refractivity contribution is -0.141. The first-order valence-electron chi connectivity index (χ1n) is 6.69. The van der Waals surface area contributed by atoms with E-state index in [2.05, 4.69) is 0 Å². The average molecular weight is 317 g/mol. The molecule has 0 fully saturated rings. The minimum atomic E-state index is -0.540. The molecule has 1 amide bonds. The van der Waals surface area contributed by atoms with Crippen LogP contribution in [-0.4, -0.2) is 24.4 Å². The van der Waals surface area contributed by atoms with Crippen molar-refractivity contribution in [2.45, 2.75) is 33.2 Å². The van der Waals surface area contributed by atoms with Crippen molar-refractivity contribution >= 4 is 29.1 Å². The highest BCUT2D eigenvalue weighted by Gasteiger charge is 2.34. The van der Waals surface area contributed by atoms with Gasteiger partial charge in [0.25, 0.3) is 0 Å². The maximum atomic E-state index is 12.6. The Morgan fingerprint density at radius 3 is 2.50 bits per heavy atom. The number of hydrogen-bond acceptors (Lipinski definition) is 2. The lowest BCUT2D eigenvalue weighted by atomic mass is 9.85. The first-order chi connectivity index (χ1) is 9.26. The van der Waals surface area contributed by atoms with Crippen LogP contribution in [0.15, 0.2) is 18.2 Å². The van der Waals surface area contributed by atoms with Crippen LogP contribution in [0.2, 0.25) is 10.0 Å². The summed E-state index contributed by atoms with van der Waals surface area (Å²) in [6.45, 7) is 6.13. The van der Waals surface area contributed by atoms with Crippen molar-refractivity contribution in [3.63, 3.8) is 0 Å². The Labute approximate surface area is 131 Å². The molecule has 112 valence electrons. The van der Waals surface area contributed by atoms with Crippen LogP contribution in [0.1, 0.15) is 38.8 Å². The predicted octanol–water partition coefficient (Wildman–Crippen LogP) is 3.89. The lowest BCUT2D eigenvalue weighted by Crippen LogP contribution is -2.45. The molecular weight excluding hydrogens is 295 g/mol. The van der Waals surface area contributed by atoms with Gasteiger partial charge in [-0.1, -0.05) is 36.2 Å². The molecule has 0 spiro atoms. The topological polar surface area (TPSA) is 46.3 Å². The molecule has 20 heavy (non-hydrogen) atoms. The second kappa shape index (κ2) is 6.79. The van der Waals surface area contributed by atoms with E-state index in [1.54, 1.807) is 24.1 Å². The van der Waals surface area contributed by atoms with Gasteiger partial charge in [0.1, 0.15) is 0 Å². The highest BCUT2D eigenvalue weighted by atomic mass is 35.5. The maximum absolute atomic E-state index is 12.6.